The summed E-state index contributed by atoms with van der Waals surface area (Å²) in [6.45, 7) is -0.324. The van der Waals surface area contributed by atoms with Crippen LogP contribution in [0.5, 0.6) is 34.5 Å². The van der Waals surface area contributed by atoms with E-state index in [0.717, 1.165) is 5.56 Å². The predicted molar refractivity (Wildman–Crippen MR) is 109 cm³/mol. The number of ether oxygens (including phenoxy) is 4. The van der Waals surface area contributed by atoms with Crippen LogP contribution in [0.1, 0.15) is 22.6 Å². The molecule has 30 heavy (non-hydrogen) atoms. The number of aliphatic hydroxyl groups excluding tert-OH is 2. The third-order valence-corrected chi connectivity index (χ3v) is 5.90. The minimum absolute atomic E-state index is 0.126. The Morgan fingerprint density at radius 1 is 0.800 bits per heavy atom. The second kappa shape index (κ2) is 8.89. The van der Waals surface area contributed by atoms with E-state index >= 15 is 0 Å². The number of phenols is 2. The first-order valence-corrected chi connectivity index (χ1v) is 9.58. The maximum Gasteiger partial charge on any atom is 0.201 e. The molecule has 3 rings (SSSR count). The van der Waals surface area contributed by atoms with Crippen molar-refractivity contribution in [2.75, 3.05) is 41.7 Å². The van der Waals surface area contributed by atoms with Gasteiger partial charge in [-0.25, -0.2) is 0 Å². The Morgan fingerprint density at radius 3 is 1.83 bits per heavy atom. The molecule has 3 atom stereocenters. The molecular formula is C22H28O8. The molecule has 0 saturated carbocycles. The second-order valence-corrected chi connectivity index (χ2v) is 7.28. The standard InChI is InChI=1S/C22H28O8/c1-27-15-7-12(8-16(28-2)20(15)25)18-14(10-24)13(9-23)5-11-6-17(29-3)21(26)22(30-4)19(11)18/h6-8,13-14,18,23-26H,5,9-10H2,1-4H3/t13-,14-,18+/m1/s1. The van der Waals surface area contributed by atoms with Gasteiger partial charge in [-0.05, 0) is 47.6 Å². The van der Waals surface area contributed by atoms with Crippen LogP contribution >= 0.6 is 0 Å². The van der Waals surface area contributed by atoms with Crippen molar-refractivity contribution in [2.24, 2.45) is 11.8 Å². The molecule has 0 bridgehead atoms. The molecular weight excluding hydrogens is 392 g/mol. The summed E-state index contributed by atoms with van der Waals surface area (Å²) in [5.41, 5.74) is 2.21. The molecule has 4 N–H and O–H groups in total. The van der Waals surface area contributed by atoms with Crippen molar-refractivity contribution >= 4 is 0 Å². The van der Waals surface area contributed by atoms with E-state index in [1.807, 2.05) is 0 Å². The molecule has 8 nitrogen and oxygen atoms in total. The van der Waals surface area contributed by atoms with E-state index < -0.39 is 5.92 Å². The molecule has 0 spiro atoms. The van der Waals surface area contributed by atoms with E-state index in [9.17, 15) is 20.4 Å². The SMILES string of the molecule is COc1cc([C@@H]2c3c(cc(OC)c(O)c3OC)C[C@H](CO)[C@H]2CO)cc(OC)c1O. The number of rotatable bonds is 7. The summed E-state index contributed by atoms with van der Waals surface area (Å²) in [5, 5.41) is 41.3. The first kappa shape index (κ1) is 21.9. The Balaban J connectivity index is 2.34. The Morgan fingerprint density at radius 2 is 1.37 bits per heavy atom. The van der Waals surface area contributed by atoms with Gasteiger partial charge >= 0.3 is 0 Å². The van der Waals surface area contributed by atoms with Gasteiger partial charge < -0.3 is 39.4 Å². The van der Waals surface area contributed by atoms with Crippen LogP contribution in [0.4, 0.5) is 0 Å². The number of hydrogen-bond acceptors (Lipinski definition) is 8. The Kier molecular flexibility index (Phi) is 6.48. The third-order valence-electron chi connectivity index (χ3n) is 5.90. The van der Waals surface area contributed by atoms with Crippen LogP contribution in [0.3, 0.4) is 0 Å². The summed E-state index contributed by atoms with van der Waals surface area (Å²) in [5.74, 6) is -0.411. The fraction of sp³-hybridized carbons (Fsp3) is 0.455. The van der Waals surface area contributed by atoms with Crippen LogP contribution in [0, 0.1) is 11.8 Å². The molecule has 0 aliphatic heterocycles. The highest BCUT2D eigenvalue weighted by Gasteiger charge is 2.41. The minimum atomic E-state index is -0.467. The molecule has 8 heteroatoms. The summed E-state index contributed by atoms with van der Waals surface area (Å²) < 4.78 is 21.4. The van der Waals surface area contributed by atoms with Crippen molar-refractivity contribution in [3.05, 3.63) is 34.9 Å². The zero-order valence-corrected chi connectivity index (χ0v) is 17.5. The van der Waals surface area contributed by atoms with Gasteiger partial charge in [0, 0.05) is 24.7 Å². The van der Waals surface area contributed by atoms with E-state index in [4.69, 9.17) is 18.9 Å². The Bertz CT molecular complexity index is 885. The van der Waals surface area contributed by atoms with Gasteiger partial charge in [-0.15, -0.1) is 0 Å². The largest absolute Gasteiger partial charge is 0.502 e. The van der Waals surface area contributed by atoms with Gasteiger partial charge in [0.15, 0.2) is 23.0 Å². The molecule has 0 radical (unpaired) electrons. The van der Waals surface area contributed by atoms with E-state index in [0.29, 0.717) is 17.5 Å². The number of hydrogen-bond donors (Lipinski definition) is 4. The van der Waals surface area contributed by atoms with Gasteiger partial charge in [0.25, 0.3) is 0 Å². The first-order chi connectivity index (χ1) is 14.4. The highest BCUT2D eigenvalue weighted by molar-refractivity contribution is 5.64. The van der Waals surface area contributed by atoms with E-state index in [2.05, 4.69) is 0 Å². The van der Waals surface area contributed by atoms with Crippen LogP contribution in [0.15, 0.2) is 18.2 Å². The zero-order valence-electron chi connectivity index (χ0n) is 17.5. The number of phenolic OH excluding ortho intramolecular Hbond substituents is 2. The van der Waals surface area contributed by atoms with Gasteiger partial charge in [-0.2, -0.15) is 0 Å². The molecule has 2 aromatic rings. The fourth-order valence-electron chi connectivity index (χ4n) is 4.44. The zero-order chi connectivity index (χ0) is 22.0. The van der Waals surface area contributed by atoms with Crippen LogP contribution in [0.25, 0.3) is 0 Å². The highest BCUT2D eigenvalue weighted by atomic mass is 16.5. The Hall–Kier alpha value is -2.84. The topological polar surface area (TPSA) is 118 Å². The summed E-state index contributed by atoms with van der Waals surface area (Å²) in [6, 6.07) is 5.05. The second-order valence-electron chi connectivity index (χ2n) is 7.28. The Labute approximate surface area is 175 Å². The maximum absolute atomic E-state index is 10.7. The number of benzene rings is 2. The molecule has 0 saturated heterocycles. The normalized spacial score (nSPS) is 20.4. The average Bonchev–Trinajstić information content (AvgIpc) is 2.77. The van der Waals surface area contributed by atoms with Crippen molar-refractivity contribution in [1.82, 2.24) is 0 Å². The van der Waals surface area contributed by atoms with Gasteiger partial charge in [0.1, 0.15) is 0 Å². The van der Waals surface area contributed by atoms with E-state index in [1.165, 1.54) is 28.4 Å². The average molecular weight is 420 g/mol. The third kappa shape index (κ3) is 3.46. The lowest BCUT2D eigenvalue weighted by atomic mass is 9.66. The molecule has 0 aromatic heterocycles. The molecule has 0 amide bonds. The minimum Gasteiger partial charge on any atom is -0.502 e. The van der Waals surface area contributed by atoms with Gasteiger partial charge in [-0.1, -0.05) is 0 Å². The molecule has 0 unspecified atom stereocenters. The first-order valence-electron chi connectivity index (χ1n) is 9.58. The smallest absolute Gasteiger partial charge is 0.201 e. The lowest BCUT2D eigenvalue weighted by Gasteiger charge is -2.39. The molecule has 2 aromatic carbocycles. The molecule has 0 fully saturated rings. The van der Waals surface area contributed by atoms with Crippen LogP contribution < -0.4 is 18.9 Å². The van der Waals surface area contributed by atoms with E-state index in [-0.39, 0.29) is 59.5 Å². The quantitative estimate of drug-likeness (QED) is 0.538. The molecule has 1 aliphatic rings. The van der Waals surface area contributed by atoms with Crippen LogP contribution in [-0.2, 0) is 6.42 Å². The lowest BCUT2D eigenvalue weighted by molar-refractivity contribution is 0.0999. The molecule has 164 valence electrons. The number of aliphatic hydroxyl groups is 2. The van der Waals surface area contributed by atoms with Gasteiger partial charge in [-0.3, -0.25) is 0 Å². The van der Waals surface area contributed by atoms with Crippen molar-refractivity contribution < 1.29 is 39.4 Å². The summed E-state index contributed by atoms with van der Waals surface area (Å²) >= 11 is 0. The number of aromatic hydroxyl groups is 2. The predicted octanol–water partition coefficient (Wildman–Crippen LogP) is 2.04. The van der Waals surface area contributed by atoms with Gasteiger partial charge in [0.2, 0.25) is 11.5 Å². The maximum atomic E-state index is 10.7. The van der Waals surface area contributed by atoms with E-state index in [1.54, 1.807) is 18.2 Å². The van der Waals surface area contributed by atoms with Crippen LogP contribution in [-0.4, -0.2) is 62.1 Å². The van der Waals surface area contributed by atoms with Crippen molar-refractivity contribution in [3.8, 4) is 34.5 Å². The van der Waals surface area contributed by atoms with Crippen molar-refractivity contribution in [1.29, 1.82) is 0 Å². The number of fused-ring (bicyclic) bond motifs is 1. The lowest BCUT2D eigenvalue weighted by Crippen LogP contribution is -2.35. The van der Waals surface area contributed by atoms with Crippen LogP contribution in [0.2, 0.25) is 0 Å². The summed E-state index contributed by atoms with van der Waals surface area (Å²) in [6.07, 6.45) is 0.479. The monoisotopic (exact) mass is 420 g/mol. The van der Waals surface area contributed by atoms with Crippen molar-refractivity contribution in [2.45, 2.75) is 12.3 Å². The highest BCUT2D eigenvalue weighted by Crippen LogP contribution is 2.54. The van der Waals surface area contributed by atoms with Crippen molar-refractivity contribution in [3.63, 3.8) is 0 Å². The molecule has 0 heterocycles. The fourth-order valence-corrected chi connectivity index (χ4v) is 4.44. The summed E-state index contributed by atoms with van der Waals surface area (Å²) in [7, 11) is 5.78. The number of methoxy groups -OCH3 is 4. The molecule has 1 aliphatic carbocycles. The van der Waals surface area contributed by atoms with Gasteiger partial charge in [0.05, 0.1) is 28.4 Å². The summed E-state index contributed by atoms with van der Waals surface area (Å²) in [4.78, 5) is 0.